The van der Waals surface area contributed by atoms with Crippen LogP contribution in [0.4, 0.5) is 0 Å². The molecule has 4 aliphatic rings. The van der Waals surface area contributed by atoms with E-state index >= 15 is 0 Å². The minimum atomic E-state index is -0.191. The van der Waals surface area contributed by atoms with E-state index in [-0.39, 0.29) is 11.4 Å². The van der Waals surface area contributed by atoms with Crippen LogP contribution < -0.4 is 5.32 Å². The van der Waals surface area contributed by atoms with Crippen LogP contribution in [-0.4, -0.2) is 34.9 Å². The lowest BCUT2D eigenvalue weighted by Crippen LogP contribution is -2.57. The van der Waals surface area contributed by atoms with Crippen molar-refractivity contribution in [3.8, 4) is 0 Å². The molecule has 0 spiro atoms. The Morgan fingerprint density at radius 1 is 1.15 bits per heavy atom. The molecule has 5 nitrogen and oxygen atoms in total. The van der Waals surface area contributed by atoms with Gasteiger partial charge in [0.25, 0.3) is 0 Å². The van der Waals surface area contributed by atoms with Crippen LogP contribution in [0.5, 0.6) is 0 Å². The number of rotatable bonds is 5. The highest BCUT2D eigenvalue weighted by atomic mass is 16.5. The zero-order chi connectivity index (χ0) is 17.6. The van der Waals surface area contributed by atoms with Gasteiger partial charge in [0.05, 0.1) is 12.2 Å². The third kappa shape index (κ3) is 2.95. The van der Waals surface area contributed by atoms with E-state index in [0.717, 1.165) is 37.4 Å². The zero-order valence-corrected chi connectivity index (χ0v) is 14.8. The van der Waals surface area contributed by atoms with Crippen molar-refractivity contribution in [1.29, 1.82) is 0 Å². The summed E-state index contributed by atoms with van der Waals surface area (Å²) in [6.45, 7) is 1.66. The van der Waals surface area contributed by atoms with E-state index in [0.29, 0.717) is 23.9 Å². The number of ketones is 1. The summed E-state index contributed by atoms with van der Waals surface area (Å²) >= 11 is 0. The molecule has 0 radical (unpaired) electrons. The van der Waals surface area contributed by atoms with Gasteiger partial charge in [-0.25, -0.2) is 9.97 Å². The van der Waals surface area contributed by atoms with Gasteiger partial charge in [0, 0.05) is 37.3 Å². The normalized spacial score (nSPS) is 27.5. The Hall–Kier alpha value is -2.11. The monoisotopic (exact) mass is 349 g/mol. The molecule has 134 valence electrons. The maximum Gasteiger partial charge on any atom is 0.170 e. The minimum Gasteiger partial charge on any atom is -0.367 e. The van der Waals surface area contributed by atoms with Gasteiger partial charge in [-0.3, -0.25) is 4.79 Å². The number of carbonyl (C=O) groups is 1. The van der Waals surface area contributed by atoms with Crippen LogP contribution in [0, 0.1) is 0 Å². The summed E-state index contributed by atoms with van der Waals surface area (Å²) in [5.74, 6) is 1.45. The summed E-state index contributed by atoms with van der Waals surface area (Å²) in [6, 6.07) is 8.84. The standard InChI is InChI=1S/C21H23N3O2/c25-19(16-10-22-20(23-11-16)15-3-4-15)9-14-1-5-17(6-2-14)21-8-7-18(12-26-21)24-13-21/h1-2,5-6,10-11,15,18,24H,3-4,7-9,12-13H2. The van der Waals surface area contributed by atoms with Gasteiger partial charge in [-0.2, -0.15) is 0 Å². The number of aromatic nitrogens is 2. The molecule has 2 atom stereocenters. The summed E-state index contributed by atoms with van der Waals surface area (Å²) in [4.78, 5) is 21.2. The first-order valence-electron chi connectivity index (χ1n) is 9.54. The van der Waals surface area contributed by atoms with E-state index < -0.39 is 0 Å². The Morgan fingerprint density at radius 3 is 2.50 bits per heavy atom. The summed E-state index contributed by atoms with van der Waals surface area (Å²) in [7, 11) is 0. The number of piperidine rings is 1. The molecule has 1 aliphatic carbocycles. The quantitative estimate of drug-likeness (QED) is 0.841. The molecule has 6 rings (SSSR count). The summed E-state index contributed by atoms with van der Waals surface area (Å²) < 4.78 is 6.13. The average Bonchev–Trinajstić information content (AvgIpc) is 3.55. The van der Waals surface area contributed by atoms with E-state index in [9.17, 15) is 4.79 Å². The number of hydrogen-bond acceptors (Lipinski definition) is 5. The molecule has 2 bridgehead atoms. The minimum absolute atomic E-state index is 0.0642. The van der Waals surface area contributed by atoms with E-state index in [1.165, 1.54) is 18.4 Å². The summed E-state index contributed by atoms with van der Waals surface area (Å²) in [6.07, 6.45) is 8.29. The Balaban J connectivity index is 1.27. The Labute approximate surface area is 153 Å². The molecule has 3 aliphatic heterocycles. The van der Waals surface area contributed by atoms with Gasteiger partial charge >= 0.3 is 0 Å². The number of Topliss-reactive ketones (excluding diaryl/α,β-unsaturated/α-hetero) is 1. The van der Waals surface area contributed by atoms with Crippen molar-refractivity contribution < 1.29 is 9.53 Å². The third-order valence-electron chi connectivity index (χ3n) is 5.91. The number of fused-ring (bicyclic) bond motifs is 3. The fourth-order valence-electron chi connectivity index (χ4n) is 4.01. The topological polar surface area (TPSA) is 64.1 Å². The van der Waals surface area contributed by atoms with E-state index in [2.05, 4.69) is 27.4 Å². The second-order valence-electron chi connectivity index (χ2n) is 7.82. The molecule has 1 aromatic heterocycles. The molecule has 1 N–H and O–H groups in total. The van der Waals surface area contributed by atoms with E-state index in [1.807, 2.05) is 12.1 Å². The summed E-state index contributed by atoms with van der Waals surface area (Å²) in [5.41, 5.74) is 2.62. The van der Waals surface area contributed by atoms with Crippen LogP contribution in [0.1, 0.15) is 58.9 Å². The van der Waals surface area contributed by atoms with Crippen LogP contribution in [0.25, 0.3) is 0 Å². The van der Waals surface area contributed by atoms with Gasteiger partial charge in [0.2, 0.25) is 0 Å². The Morgan fingerprint density at radius 2 is 1.92 bits per heavy atom. The number of ether oxygens (including phenoxy) is 1. The highest BCUT2D eigenvalue weighted by Gasteiger charge is 2.42. The second-order valence-corrected chi connectivity index (χ2v) is 7.82. The maximum absolute atomic E-state index is 12.5. The summed E-state index contributed by atoms with van der Waals surface area (Å²) in [5, 5.41) is 3.55. The molecule has 1 saturated carbocycles. The Bertz CT molecular complexity index is 790. The predicted octanol–water partition coefficient (Wildman–Crippen LogP) is 2.76. The van der Waals surface area contributed by atoms with Crippen molar-refractivity contribution in [3.63, 3.8) is 0 Å². The molecule has 5 heteroatoms. The highest BCUT2D eigenvalue weighted by molar-refractivity contribution is 5.96. The van der Waals surface area contributed by atoms with Gasteiger partial charge < -0.3 is 10.1 Å². The van der Waals surface area contributed by atoms with Crippen molar-refractivity contribution in [2.75, 3.05) is 13.2 Å². The van der Waals surface area contributed by atoms with Crippen LogP contribution in [0.2, 0.25) is 0 Å². The first-order chi connectivity index (χ1) is 12.7. The van der Waals surface area contributed by atoms with E-state index in [4.69, 9.17) is 4.74 Å². The lowest BCUT2D eigenvalue weighted by atomic mass is 9.81. The van der Waals surface area contributed by atoms with Gasteiger partial charge in [-0.1, -0.05) is 24.3 Å². The molecule has 26 heavy (non-hydrogen) atoms. The number of hydrogen-bond donors (Lipinski definition) is 1. The van der Waals surface area contributed by atoms with Crippen molar-refractivity contribution in [2.45, 2.75) is 49.7 Å². The zero-order valence-electron chi connectivity index (χ0n) is 14.8. The number of carbonyl (C=O) groups excluding carboxylic acids is 1. The number of nitrogens with one attached hydrogen (secondary N) is 1. The lowest BCUT2D eigenvalue weighted by molar-refractivity contribution is -0.129. The van der Waals surface area contributed by atoms with Crippen molar-refractivity contribution in [3.05, 3.63) is 59.2 Å². The number of nitrogens with zero attached hydrogens (tertiary/aromatic N) is 2. The SMILES string of the molecule is O=C(Cc1ccc(C23CCC(CO2)NC3)cc1)c1cnc(C2CC2)nc1. The first-order valence-corrected chi connectivity index (χ1v) is 9.54. The lowest BCUT2D eigenvalue weighted by Gasteiger charge is -2.47. The smallest absolute Gasteiger partial charge is 0.170 e. The first kappa shape index (κ1) is 16.1. The van der Waals surface area contributed by atoms with Crippen LogP contribution in [0.15, 0.2) is 36.7 Å². The van der Waals surface area contributed by atoms with Crippen LogP contribution in [-0.2, 0) is 16.8 Å². The number of benzene rings is 1. The van der Waals surface area contributed by atoms with Gasteiger partial charge in [-0.05, 0) is 36.8 Å². The molecule has 4 fully saturated rings. The fourth-order valence-corrected chi connectivity index (χ4v) is 4.01. The number of morpholine rings is 1. The molecular weight excluding hydrogens is 326 g/mol. The molecule has 2 unspecified atom stereocenters. The van der Waals surface area contributed by atoms with Gasteiger partial charge in [0.15, 0.2) is 5.78 Å². The maximum atomic E-state index is 12.5. The fraction of sp³-hybridized carbons (Fsp3) is 0.476. The van der Waals surface area contributed by atoms with Crippen molar-refractivity contribution >= 4 is 5.78 Å². The molecule has 1 aromatic carbocycles. The van der Waals surface area contributed by atoms with Crippen molar-refractivity contribution in [2.24, 2.45) is 0 Å². The van der Waals surface area contributed by atoms with Crippen molar-refractivity contribution in [1.82, 2.24) is 15.3 Å². The third-order valence-corrected chi connectivity index (χ3v) is 5.91. The Kier molecular flexibility index (Phi) is 3.87. The largest absolute Gasteiger partial charge is 0.367 e. The van der Waals surface area contributed by atoms with Gasteiger partial charge in [-0.15, -0.1) is 0 Å². The molecule has 4 heterocycles. The molecule has 2 aromatic rings. The average molecular weight is 349 g/mol. The molecule has 0 amide bonds. The van der Waals surface area contributed by atoms with Gasteiger partial charge in [0.1, 0.15) is 11.4 Å². The molecular formula is C21H23N3O2. The van der Waals surface area contributed by atoms with E-state index in [1.54, 1.807) is 12.4 Å². The molecule has 3 saturated heterocycles. The second kappa shape index (κ2) is 6.25. The van der Waals surface area contributed by atoms with Crippen LogP contribution in [0.3, 0.4) is 0 Å². The highest BCUT2D eigenvalue weighted by Crippen LogP contribution is 2.39. The predicted molar refractivity (Wildman–Crippen MR) is 97.1 cm³/mol. The van der Waals surface area contributed by atoms with Crippen LogP contribution >= 0.6 is 0 Å².